The van der Waals surface area contributed by atoms with Gasteiger partial charge in [-0.25, -0.2) is 9.97 Å². The minimum atomic E-state index is 0.0612. The minimum Gasteiger partial charge on any atom is -0.392 e. The highest BCUT2D eigenvalue weighted by Crippen LogP contribution is 2.35. The molecule has 4 nitrogen and oxygen atoms in total. The number of nitrogens with one attached hydrogen (secondary N) is 1. The van der Waals surface area contributed by atoms with E-state index in [4.69, 9.17) is 0 Å². The van der Waals surface area contributed by atoms with Crippen molar-refractivity contribution in [2.75, 3.05) is 5.32 Å². The smallest absolute Gasteiger partial charge is 0.138 e. The van der Waals surface area contributed by atoms with E-state index >= 15 is 0 Å². The Labute approximate surface area is 149 Å². The molecule has 0 saturated heterocycles. The molecule has 0 amide bonds. The summed E-state index contributed by atoms with van der Waals surface area (Å²) in [4.78, 5) is 10.9. The summed E-state index contributed by atoms with van der Waals surface area (Å²) in [6.45, 7) is 0.787. The number of anilines is 1. The van der Waals surface area contributed by atoms with Crippen molar-refractivity contribution in [3.8, 4) is 10.4 Å². The van der Waals surface area contributed by atoms with Crippen molar-refractivity contribution in [3.05, 3.63) is 78.1 Å². The molecule has 25 heavy (non-hydrogen) atoms. The van der Waals surface area contributed by atoms with Gasteiger partial charge < -0.3 is 10.4 Å². The van der Waals surface area contributed by atoms with Gasteiger partial charge in [0.05, 0.1) is 12.0 Å². The number of thiophene rings is 1. The lowest BCUT2D eigenvalue weighted by Gasteiger charge is -2.06. The molecule has 5 heteroatoms. The van der Waals surface area contributed by atoms with E-state index in [-0.39, 0.29) is 6.61 Å². The average Bonchev–Trinajstić information content (AvgIpc) is 3.12. The maximum absolute atomic E-state index is 9.18. The first-order valence-corrected chi connectivity index (χ1v) is 8.87. The number of hydrogen-bond acceptors (Lipinski definition) is 5. The molecule has 4 aromatic rings. The topological polar surface area (TPSA) is 58.0 Å². The van der Waals surface area contributed by atoms with Crippen LogP contribution in [0, 0.1) is 0 Å². The molecular weight excluding hydrogens is 330 g/mol. The van der Waals surface area contributed by atoms with Gasteiger partial charge in [-0.05, 0) is 22.8 Å². The molecule has 2 aromatic carbocycles. The van der Waals surface area contributed by atoms with Crippen LogP contribution in [0.2, 0.25) is 0 Å². The van der Waals surface area contributed by atoms with Gasteiger partial charge in [0, 0.05) is 11.4 Å². The summed E-state index contributed by atoms with van der Waals surface area (Å²) in [5.74, 6) is 0.850. The van der Waals surface area contributed by atoms with Crippen LogP contribution in [0.3, 0.4) is 0 Å². The zero-order chi connectivity index (χ0) is 17.1. The molecule has 4 rings (SSSR count). The largest absolute Gasteiger partial charge is 0.392 e. The van der Waals surface area contributed by atoms with Crippen molar-refractivity contribution in [2.45, 2.75) is 13.2 Å². The molecule has 0 atom stereocenters. The molecule has 0 aliphatic carbocycles. The normalized spacial score (nSPS) is 10.9. The van der Waals surface area contributed by atoms with Crippen LogP contribution in [0.5, 0.6) is 0 Å². The van der Waals surface area contributed by atoms with Gasteiger partial charge in [0.2, 0.25) is 0 Å². The van der Waals surface area contributed by atoms with E-state index in [2.05, 4.69) is 33.5 Å². The zero-order valence-electron chi connectivity index (χ0n) is 13.5. The van der Waals surface area contributed by atoms with Crippen LogP contribution >= 0.6 is 11.3 Å². The van der Waals surface area contributed by atoms with E-state index in [0.717, 1.165) is 38.6 Å². The Morgan fingerprint density at radius 2 is 1.72 bits per heavy atom. The second-order valence-corrected chi connectivity index (χ2v) is 6.78. The quantitative estimate of drug-likeness (QED) is 0.559. The van der Waals surface area contributed by atoms with Crippen LogP contribution in [0.25, 0.3) is 20.7 Å². The first kappa shape index (κ1) is 15.7. The number of rotatable bonds is 5. The van der Waals surface area contributed by atoms with Crippen LogP contribution in [-0.4, -0.2) is 15.1 Å². The van der Waals surface area contributed by atoms with Gasteiger partial charge in [-0.15, -0.1) is 11.3 Å². The molecule has 0 fully saturated rings. The number of fused-ring (bicyclic) bond motifs is 1. The van der Waals surface area contributed by atoms with Gasteiger partial charge in [-0.2, -0.15) is 0 Å². The van der Waals surface area contributed by atoms with Gasteiger partial charge in [0.25, 0.3) is 0 Å². The molecule has 0 unspecified atom stereocenters. The highest BCUT2D eigenvalue weighted by atomic mass is 32.1. The Hall–Kier alpha value is -2.76. The predicted octanol–water partition coefficient (Wildman–Crippen LogP) is 4.46. The fourth-order valence-corrected chi connectivity index (χ4v) is 3.70. The Kier molecular flexibility index (Phi) is 4.41. The van der Waals surface area contributed by atoms with E-state index in [9.17, 15) is 5.11 Å². The third-order valence-corrected chi connectivity index (χ3v) is 5.15. The van der Waals surface area contributed by atoms with Crippen molar-refractivity contribution in [1.29, 1.82) is 0 Å². The molecule has 2 heterocycles. The number of nitrogens with zero attached hydrogens (tertiary/aromatic N) is 2. The number of aliphatic hydroxyl groups excluding tert-OH is 1. The molecule has 2 aromatic heterocycles. The summed E-state index contributed by atoms with van der Waals surface area (Å²) in [6, 6.07) is 20.3. The molecule has 2 N–H and O–H groups in total. The minimum absolute atomic E-state index is 0.0612. The molecule has 0 spiro atoms. The first-order chi connectivity index (χ1) is 12.3. The SMILES string of the molecule is OCc1ccc(-c2cc3c(NCc4ccccc4)ncnc3s2)cc1. The Bertz CT molecular complexity index is 981. The van der Waals surface area contributed by atoms with Crippen LogP contribution in [0.4, 0.5) is 5.82 Å². The van der Waals surface area contributed by atoms with Gasteiger partial charge >= 0.3 is 0 Å². The monoisotopic (exact) mass is 347 g/mol. The zero-order valence-corrected chi connectivity index (χ0v) is 14.3. The summed E-state index contributed by atoms with van der Waals surface area (Å²) >= 11 is 1.65. The van der Waals surface area contributed by atoms with Crippen LogP contribution in [-0.2, 0) is 13.2 Å². The van der Waals surface area contributed by atoms with Gasteiger partial charge in [0.15, 0.2) is 0 Å². The summed E-state index contributed by atoms with van der Waals surface area (Å²) in [5.41, 5.74) is 3.24. The number of benzene rings is 2. The third kappa shape index (κ3) is 3.38. The van der Waals surface area contributed by atoms with Crippen molar-refractivity contribution in [1.82, 2.24) is 9.97 Å². The highest BCUT2D eigenvalue weighted by Gasteiger charge is 2.10. The average molecular weight is 347 g/mol. The van der Waals surface area contributed by atoms with E-state index in [1.54, 1.807) is 17.7 Å². The second kappa shape index (κ2) is 7.01. The van der Waals surface area contributed by atoms with Gasteiger partial charge in [-0.3, -0.25) is 0 Å². The Morgan fingerprint density at radius 1 is 0.920 bits per heavy atom. The molecule has 0 aliphatic heterocycles. The number of aliphatic hydroxyl groups is 1. The summed E-state index contributed by atoms with van der Waals surface area (Å²) in [6.07, 6.45) is 1.60. The summed E-state index contributed by atoms with van der Waals surface area (Å²) in [5, 5.41) is 13.6. The van der Waals surface area contributed by atoms with E-state index in [1.165, 1.54) is 5.56 Å². The predicted molar refractivity (Wildman–Crippen MR) is 103 cm³/mol. The van der Waals surface area contributed by atoms with Crippen LogP contribution < -0.4 is 5.32 Å². The van der Waals surface area contributed by atoms with Gasteiger partial charge in [0.1, 0.15) is 17.0 Å². The Morgan fingerprint density at radius 3 is 2.48 bits per heavy atom. The lowest BCUT2D eigenvalue weighted by Crippen LogP contribution is -2.01. The van der Waals surface area contributed by atoms with Crippen molar-refractivity contribution < 1.29 is 5.11 Å². The van der Waals surface area contributed by atoms with E-state index < -0.39 is 0 Å². The fourth-order valence-electron chi connectivity index (χ4n) is 2.69. The third-order valence-electron chi connectivity index (χ3n) is 4.05. The molecule has 124 valence electrons. The van der Waals surface area contributed by atoms with E-state index in [1.807, 2.05) is 42.5 Å². The summed E-state index contributed by atoms with van der Waals surface area (Å²) < 4.78 is 0. The number of aromatic nitrogens is 2. The fraction of sp³-hybridized carbons (Fsp3) is 0.100. The molecule has 0 saturated carbocycles. The standard InChI is InChI=1S/C20H17N3OS/c24-12-15-6-8-16(9-7-15)18-10-17-19(22-13-23-20(17)25-18)21-11-14-4-2-1-3-5-14/h1-10,13,24H,11-12H2,(H,21,22,23). The van der Waals surface area contributed by atoms with Crippen molar-refractivity contribution in [3.63, 3.8) is 0 Å². The van der Waals surface area contributed by atoms with Crippen molar-refractivity contribution in [2.24, 2.45) is 0 Å². The highest BCUT2D eigenvalue weighted by molar-refractivity contribution is 7.21. The van der Waals surface area contributed by atoms with Crippen LogP contribution in [0.1, 0.15) is 11.1 Å². The van der Waals surface area contributed by atoms with Crippen LogP contribution in [0.15, 0.2) is 67.0 Å². The lowest BCUT2D eigenvalue weighted by molar-refractivity contribution is 0.282. The molecule has 0 aliphatic rings. The Balaban J connectivity index is 1.63. The number of hydrogen-bond donors (Lipinski definition) is 2. The summed E-state index contributed by atoms with van der Waals surface area (Å²) in [7, 11) is 0. The lowest BCUT2D eigenvalue weighted by atomic mass is 10.1. The van der Waals surface area contributed by atoms with Crippen molar-refractivity contribution >= 4 is 27.4 Å². The molecule has 0 bridgehead atoms. The second-order valence-electron chi connectivity index (χ2n) is 5.75. The maximum atomic E-state index is 9.18. The van der Waals surface area contributed by atoms with Gasteiger partial charge in [-0.1, -0.05) is 54.6 Å². The van der Waals surface area contributed by atoms with E-state index in [0.29, 0.717) is 0 Å². The molecule has 0 radical (unpaired) electrons. The first-order valence-electron chi connectivity index (χ1n) is 8.06. The maximum Gasteiger partial charge on any atom is 0.138 e. The molecular formula is C20H17N3OS.